The van der Waals surface area contributed by atoms with Crippen molar-refractivity contribution in [2.24, 2.45) is 0 Å². The number of oxazole rings is 1. The van der Waals surface area contributed by atoms with Crippen molar-refractivity contribution in [3.8, 4) is 11.5 Å². The van der Waals surface area contributed by atoms with Crippen molar-refractivity contribution < 1.29 is 4.42 Å². The number of nitrogens with zero attached hydrogens (tertiary/aromatic N) is 1. The smallest absolute Gasteiger partial charge is 0.227 e. The van der Waals surface area contributed by atoms with Gasteiger partial charge in [-0.05, 0) is 36.4 Å². The molecule has 0 amide bonds. The average Bonchev–Trinajstić information content (AvgIpc) is 2.82. The number of rotatable bonds is 2. The lowest BCUT2D eigenvalue weighted by atomic mass is 10.2. The Bertz CT molecular complexity index is 689. The standard InChI is InChI=1S/C14H11ClN2O/c1-16-11-6-7-12-13(8-11)18-14(17-12)9-2-4-10(15)5-3-9/h2-8,16H,1H3. The minimum Gasteiger partial charge on any atom is -0.436 e. The lowest BCUT2D eigenvalue weighted by molar-refractivity contribution is 0.620. The van der Waals surface area contributed by atoms with Gasteiger partial charge in [-0.1, -0.05) is 11.6 Å². The first kappa shape index (κ1) is 11.1. The predicted octanol–water partition coefficient (Wildman–Crippen LogP) is 4.19. The van der Waals surface area contributed by atoms with Crippen LogP contribution in [0.3, 0.4) is 0 Å². The van der Waals surface area contributed by atoms with Gasteiger partial charge in [-0.3, -0.25) is 0 Å². The predicted molar refractivity (Wildman–Crippen MR) is 74.0 cm³/mol. The van der Waals surface area contributed by atoms with Crippen LogP contribution in [-0.4, -0.2) is 12.0 Å². The lowest BCUT2D eigenvalue weighted by Gasteiger charge is -1.96. The van der Waals surface area contributed by atoms with Gasteiger partial charge < -0.3 is 9.73 Å². The highest BCUT2D eigenvalue weighted by Gasteiger charge is 2.08. The molecule has 0 saturated heterocycles. The normalized spacial score (nSPS) is 10.8. The maximum absolute atomic E-state index is 5.86. The molecule has 0 unspecified atom stereocenters. The Morgan fingerprint density at radius 3 is 2.61 bits per heavy atom. The molecule has 0 bridgehead atoms. The van der Waals surface area contributed by atoms with E-state index >= 15 is 0 Å². The van der Waals surface area contributed by atoms with Gasteiger partial charge in [-0.2, -0.15) is 0 Å². The summed E-state index contributed by atoms with van der Waals surface area (Å²) < 4.78 is 5.74. The van der Waals surface area contributed by atoms with Crippen LogP contribution in [0.25, 0.3) is 22.6 Å². The minimum absolute atomic E-state index is 0.606. The van der Waals surface area contributed by atoms with Crippen molar-refractivity contribution >= 4 is 28.4 Å². The van der Waals surface area contributed by atoms with Gasteiger partial charge in [-0.15, -0.1) is 0 Å². The molecule has 4 heteroatoms. The fraction of sp³-hybridized carbons (Fsp3) is 0.0714. The van der Waals surface area contributed by atoms with Gasteiger partial charge in [0.1, 0.15) is 5.52 Å². The molecule has 0 fully saturated rings. The molecule has 0 aliphatic carbocycles. The number of hydrogen-bond donors (Lipinski definition) is 1. The molecule has 0 aliphatic rings. The number of aromatic nitrogens is 1. The second-order valence-electron chi connectivity index (χ2n) is 3.96. The second-order valence-corrected chi connectivity index (χ2v) is 4.39. The summed E-state index contributed by atoms with van der Waals surface area (Å²) in [5, 5.41) is 3.77. The number of hydrogen-bond acceptors (Lipinski definition) is 3. The summed E-state index contributed by atoms with van der Waals surface area (Å²) in [6, 6.07) is 13.3. The first-order valence-electron chi connectivity index (χ1n) is 5.60. The third-order valence-corrected chi connectivity index (χ3v) is 3.02. The number of anilines is 1. The molecule has 90 valence electrons. The first-order valence-corrected chi connectivity index (χ1v) is 5.98. The number of halogens is 1. The highest BCUT2D eigenvalue weighted by molar-refractivity contribution is 6.30. The first-order chi connectivity index (χ1) is 8.76. The Hall–Kier alpha value is -2.00. The Morgan fingerprint density at radius 1 is 1.11 bits per heavy atom. The number of fused-ring (bicyclic) bond motifs is 1. The van der Waals surface area contributed by atoms with Crippen LogP contribution in [0.1, 0.15) is 0 Å². The molecule has 3 nitrogen and oxygen atoms in total. The molecule has 0 aliphatic heterocycles. The van der Waals surface area contributed by atoms with E-state index in [1.807, 2.05) is 49.5 Å². The Balaban J connectivity index is 2.10. The van der Waals surface area contributed by atoms with Crippen molar-refractivity contribution in [1.82, 2.24) is 4.98 Å². The zero-order valence-corrected chi connectivity index (χ0v) is 10.5. The van der Waals surface area contributed by atoms with Crippen LogP contribution in [0.15, 0.2) is 46.9 Å². The Labute approximate surface area is 109 Å². The van der Waals surface area contributed by atoms with Gasteiger partial charge >= 0.3 is 0 Å². The van der Waals surface area contributed by atoms with Crippen LogP contribution >= 0.6 is 11.6 Å². The van der Waals surface area contributed by atoms with Crippen molar-refractivity contribution in [2.75, 3.05) is 12.4 Å². The van der Waals surface area contributed by atoms with Crippen LogP contribution in [0.5, 0.6) is 0 Å². The molecule has 0 radical (unpaired) electrons. The summed E-state index contributed by atoms with van der Waals surface area (Å²) in [4.78, 5) is 4.45. The third-order valence-electron chi connectivity index (χ3n) is 2.77. The summed E-state index contributed by atoms with van der Waals surface area (Å²) in [6.45, 7) is 0. The van der Waals surface area contributed by atoms with E-state index < -0.39 is 0 Å². The molecule has 18 heavy (non-hydrogen) atoms. The lowest BCUT2D eigenvalue weighted by Crippen LogP contribution is -1.85. The van der Waals surface area contributed by atoms with Gasteiger partial charge in [0.05, 0.1) is 0 Å². The molecule has 3 aromatic rings. The fourth-order valence-electron chi connectivity index (χ4n) is 1.80. The molecule has 1 aromatic heterocycles. The summed E-state index contributed by atoms with van der Waals surface area (Å²) in [7, 11) is 1.87. The van der Waals surface area contributed by atoms with Crippen LogP contribution in [0.4, 0.5) is 5.69 Å². The molecule has 1 heterocycles. The summed E-state index contributed by atoms with van der Waals surface area (Å²) >= 11 is 5.86. The highest BCUT2D eigenvalue weighted by Crippen LogP contribution is 2.26. The average molecular weight is 259 g/mol. The minimum atomic E-state index is 0.606. The van der Waals surface area contributed by atoms with Crippen molar-refractivity contribution in [1.29, 1.82) is 0 Å². The number of nitrogens with one attached hydrogen (secondary N) is 1. The van der Waals surface area contributed by atoms with E-state index in [9.17, 15) is 0 Å². The third kappa shape index (κ3) is 1.93. The number of benzene rings is 2. The van der Waals surface area contributed by atoms with E-state index in [1.54, 1.807) is 0 Å². The van der Waals surface area contributed by atoms with E-state index in [0.29, 0.717) is 10.9 Å². The molecular formula is C14H11ClN2O. The largest absolute Gasteiger partial charge is 0.436 e. The second kappa shape index (κ2) is 4.35. The molecule has 1 N–H and O–H groups in total. The highest BCUT2D eigenvalue weighted by atomic mass is 35.5. The molecule has 0 saturated carbocycles. The topological polar surface area (TPSA) is 38.1 Å². The molecule has 3 rings (SSSR count). The van der Waals surface area contributed by atoms with E-state index in [2.05, 4.69) is 10.3 Å². The van der Waals surface area contributed by atoms with Crippen LogP contribution in [-0.2, 0) is 0 Å². The quantitative estimate of drug-likeness (QED) is 0.749. The van der Waals surface area contributed by atoms with Crippen molar-refractivity contribution in [3.05, 3.63) is 47.5 Å². The van der Waals surface area contributed by atoms with E-state index in [-0.39, 0.29) is 0 Å². The molecule has 0 spiro atoms. The summed E-state index contributed by atoms with van der Waals surface area (Å²) in [6.07, 6.45) is 0. The SMILES string of the molecule is CNc1ccc2nc(-c3ccc(Cl)cc3)oc2c1. The maximum atomic E-state index is 5.86. The molecule has 2 aromatic carbocycles. The Kier molecular flexibility index (Phi) is 2.68. The monoisotopic (exact) mass is 258 g/mol. The van der Waals surface area contributed by atoms with Crippen molar-refractivity contribution in [2.45, 2.75) is 0 Å². The van der Waals surface area contributed by atoms with Crippen LogP contribution in [0, 0.1) is 0 Å². The summed E-state index contributed by atoms with van der Waals surface area (Å²) in [5.41, 5.74) is 3.54. The zero-order chi connectivity index (χ0) is 12.5. The van der Waals surface area contributed by atoms with Gasteiger partial charge in [-0.25, -0.2) is 4.98 Å². The van der Waals surface area contributed by atoms with Gasteiger partial charge in [0, 0.05) is 29.4 Å². The van der Waals surface area contributed by atoms with Gasteiger partial charge in [0.2, 0.25) is 5.89 Å². The van der Waals surface area contributed by atoms with E-state index in [4.69, 9.17) is 16.0 Å². The Morgan fingerprint density at radius 2 is 1.89 bits per heavy atom. The van der Waals surface area contributed by atoms with Crippen LogP contribution in [0.2, 0.25) is 5.02 Å². The molecule has 0 atom stereocenters. The zero-order valence-electron chi connectivity index (χ0n) is 9.77. The molecular weight excluding hydrogens is 248 g/mol. The van der Waals surface area contributed by atoms with Crippen LogP contribution < -0.4 is 5.32 Å². The fourth-order valence-corrected chi connectivity index (χ4v) is 1.92. The van der Waals surface area contributed by atoms with Gasteiger partial charge in [0.15, 0.2) is 5.58 Å². The summed E-state index contributed by atoms with van der Waals surface area (Å²) in [5.74, 6) is 0.606. The van der Waals surface area contributed by atoms with Crippen molar-refractivity contribution in [3.63, 3.8) is 0 Å². The van der Waals surface area contributed by atoms with E-state index in [0.717, 1.165) is 22.4 Å². The van der Waals surface area contributed by atoms with Gasteiger partial charge in [0.25, 0.3) is 0 Å². The van der Waals surface area contributed by atoms with E-state index in [1.165, 1.54) is 0 Å². The maximum Gasteiger partial charge on any atom is 0.227 e.